The summed E-state index contributed by atoms with van der Waals surface area (Å²) in [5.74, 6) is 0.218. The first-order valence-corrected chi connectivity index (χ1v) is 10.8. The van der Waals surface area contributed by atoms with Gasteiger partial charge in [-0.1, -0.05) is 58.9 Å². The van der Waals surface area contributed by atoms with Gasteiger partial charge in [0.15, 0.2) is 5.78 Å². The lowest BCUT2D eigenvalue weighted by molar-refractivity contribution is -0.124. The first kappa shape index (κ1) is 20.3. The average molecular weight is 448 g/mol. The number of carbonyl (C=O) groups excluding carboxylic acids is 2. The van der Waals surface area contributed by atoms with E-state index in [1.807, 2.05) is 24.3 Å². The summed E-state index contributed by atoms with van der Waals surface area (Å²) in [4.78, 5) is 25.8. The summed E-state index contributed by atoms with van der Waals surface area (Å²) in [5, 5.41) is 0.617. The molecule has 2 nitrogen and oxygen atoms in total. The van der Waals surface area contributed by atoms with Crippen LogP contribution < -0.4 is 0 Å². The van der Waals surface area contributed by atoms with Gasteiger partial charge in [-0.2, -0.15) is 0 Å². The largest absolute Gasteiger partial charge is 0.299 e. The van der Waals surface area contributed by atoms with Crippen molar-refractivity contribution in [3.8, 4) is 0 Å². The van der Waals surface area contributed by atoms with Gasteiger partial charge in [-0.25, -0.2) is 0 Å². The third kappa shape index (κ3) is 5.52. The average Bonchev–Trinajstić information content (AvgIpc) is 2.65. The van der Waals surface area contributed by atoms with Gasteiger partial charge in [0.2, 0.25) is 0 Å². The minimum absolute atomic E-state index is 0.0643. The highest BCUT2D eigenvalue weighted by Crippen LogP contribution is 2.36. The first-order chi connectivity index (χ1) is 13.0. The van der Waals surface area contributed by atoms with Crippen LogP contribution in [0.4, 0.5) is 0 Å². The standard InChI is InChI=1S/C23H24BrClO2/c24-18-11-7-16(8-12-18)21(20-5-3-1-2-4-6-22(20)26)15-23(27)17-9-13-19(25)14-10-17/h7-14,20-21H,1-6,15H2/t20-,21+/m0/s1. The zero-order valence-corrected chi connectivity index (χ0v) is 17.6. The lowest BCUT2D eigenvalue weighted by Crippen LogP contribution is -2.26. The SMILES string of the molecule is O=C(C[C@H](c1ccc(Br)cc1)[C@@H]1CCCCCCC1=O)c1ccc(Cl)cc1. The Morgan fingerprint density at radius 3 is 2.37 bits per heavy atom. The Bertz CT molecular complexity index is 783. The van der Waals surface area contributed by atoms with Gasteiger partial charge in [0.1, 0.15) is 5.78 Å². The van der Waals surface area contributed by atoms with Gasteiger partial charge in [-0.15, -0.1) is 0 Å². The van der Waals surface area contributed by atoms with E-state index < -0.39 is 0 Å². The fourth-order valence-corrected chi connectivity index (χ4v) is 4.34. The Labute approximate surface area is 174 Å². The van der Waals surface area contributed by atoms with E-state index in [4.69, 9.17) is 11.6 Å². The molecule has 0 N–H and O–H groups in total. The molecule has 1 aliphatic carbocycles. The van der Waals surface area contributed by atoms with Crippen molar-refractivity contribution < 1.29 is 9.59 Å². The van der Waals surface area contributed by atoms with Crippen molar-refractivity contribution in [1.82, 2.24) is 0 Å². The van der Waals surface area contributed by atoms with E-state index in [0.29, 0.717) is 29.2 Å². The summed E-state index contributed by atoms with van der Waals surface area (Å²) in [6, 6.07) is 15.1. The van der Waals surface area contributed by atoms with Gasteiger partial charge >= 0.3 is 0 Å². The van der Waals surface area contributed by atoms with E-state index in [1.54, 1.807) is 24.3 Å². The van der Waals surface area contributed by atoms with Crippen LogP contribution in [0.1, 0.15) is 66.8 Å². The maximum absolute atomic E-state index is 12.9. The zero-order chi connectivity index (χ0) is 19.2. The predicted molar refractivity (Wildman–Crippen MR) is 113 cm³/mol. The molecule has 1 saturated carbocycles. The van der Waals surface area contributed by atoms with Gasteiger partial charge in [0.05, 0.1) is 0 Å². The van der Waals surface area contributed by atoms with Crippen molar-refractivity contribution >= 4 is 39.1 Å². The van der Waals surface area contributed by atoms with E-state index in [1.165, 1.54) is 6.42 Å². The van der Waals surface area contributed by atoms with Gasteiger partial charge in [-0.3, -0.25) is 9.59 Å². The molecule has 0 spiro atoms. The smallest absolute Gasteiger partial charge is 0.163 e. The lowest BCUT2D eigenvalue weighted by Gasteiger charge is -2.28. The minimum atomic E-state index is -0.0808. The van der Waals surface area contributed by atoms with E-state index in [2.05, 4.69) is 15.9 Å². The Morgan fingerprint density at radius 1 is 1.00 bits per heavy atom. The quantitative estimate of drug-likeness (QED) is 0.462. The molecule has 0 aromatic heterocycles. The molecule has 27 heavy (non-hydrogen) atoms. The van der Waals surface area contributed by atoms with Crippen molar-refractivity contribution in [1.29, 1.82) is 0 Å². The Hall–Kier alpha value is -1.45. The predicted octanol–water partition coefficient (Wildman–Crippen LogP) is 7.00. The highest BCUT2D eigenvalue weighted by molar-refractivity contribution is 9.10. The number of halogens is 2. The minimum Gasteiger partial charge on any atom is -0.299 e. The zero-order valence-electron chi connectivity index (χ0n) is 15.3. The number of Topliss-reactive ketones (excluding diaryl/α,β-unsaturated/α-hetero) is 2. The van der Waals surface area contributed by atoms with Crippen molar-refractivity contribution in [2.24, 2.45) is 5.92 Å². The highest BCUT2D eigenvalue weighted by Gasteiger charge is 2.31. The molecule has 0 aliphatic heterocycles. The monoisotopic (exact) mass is 446 g/mol. The molecule has 0 saturated heterocycles. The van der Waals surface area contributed by atoms with Crippen LogP contribution in [0.25, 0.3) is 0 Å². The molecule has 2 aromatic carbocycles. The third-order valence-corrected chi connectivity index (χ3v) is 6.24. The normalized spacial score (nSPS) is 19.2. The molecule has 0 heterocycles. The first-order valence-electron chi connectivity index (χ1n) is 9.61. The molecule has 0 bridgehead atoms. The summed E-state index contributed by atoms with van der Waals surface area (Å²) in [7, 11) is 0. The molecule has 0 unspecified atom stereocenters. The van der Waals surface area contributed by atoms with Crippen molar-refractivity contribution in [2.75, 3.05) is 0 Å². The van der Waals surface area contributed by atoms with Crippen molar-refractivity contribution in [3.05, 3.63) is 69.2 Å². The number of carbonyl (C=O) groups is 2. The van der Waals surface area contributed by atoms with E-state index in [0.717, 1.165) is 35.7 Å². The Balaban J connectivity index is 1.88. The van der Waals surface area contributed by atoms with Crippen LogP contribution in [0, 0.1) is 5.92 Å². The van der Waals surface area contributed by atoms with Crippen LogP contribution in [0.2, 0.25) is 5.02 Å². The van der Waals surface area contributed by atoms with Crippen LogP contribution in [-0.4, -0.2) is 11.6 Å². The molecule has 1 aliphatic rings. The third-order valence-electron chi connectivity index (χ3n) is 5.46. The van der Waals surface area contributed by atoms with E-state index in [-0.39, 0.29) is 17.6 Å². The Morgan fingerprint density at radius 2 is 1.67 bits per heavy atom. The van der Waals surface area contributed by atoms with Crippen LogP contribution in [0.15, 0.2) is 53.0 Å². The fourth-order valence-electron chi connectivity index (χ4n) is 3.94. The van der Waals surface area contributed by atoms with Crippen LogP contribution in [0.5, 0.6) is 0 Å². The molecule has 2 aromatic rings. The van der Waals surface area contributed by atoms with Gasteiger partial charge in [0.25, 0.3) is 0 Å². The summed E-state index contributed by atoms with van der Waals surface area (Å²) in [6.45, 7) is 0. The summed E-state index contributed by atoms with van der Waals surface area (Å²) >= 11 is 9.42. The van der Waals surface area contributed by atoms with Crippen LogP contribution >= 0.6 is 27.5 Å². The second-order valence-electron chi connectivity index (χ2n) is 7.32. The molecule has 1 fully saturated rings. The fraction of sp³-hybridized carbons (Fsp3) is 0.391. The molecular formula is C23H24BrClO2. The van der Waals surface area contributed by atoms with E-state index >= 15 is 0 Å². The van der Waals surface area contributed by atoms with Gasteiger partial charge in [0, 0.05) is 39.7 Å². The number of rotatable bonds is 5. The molecular weight excluding hydrogens is 424 g/mol. The van der Waals surface area contributed by atoms with Crippen LogP contribution in [-0.2, 0) is 4.79 Å². The van der Waals surface area contributed by atoms with Gasteiger partial charge < -0.3 is 0 Å². The molecule has 2 atom stereocenters. The number of benzene rings is 2. The van der Waals surface area contributed by atoms with Crippen molar-refractivity contribution in [2.45, 2.75) is 50.9 Å². The second kappa shape index (κ2) is 9.66. The Kier molecular flexibility index (Phi) is 7.26. The summed E-state index contributed by atoms with van der Waals surface area (Å²) in [5.41, 5.74) is 1.72. The number of hydrogen-bond acceptors (Lipinski definition) is 2. The lowest BCUT2D eigenvalue weighted by atomic mass is 9.75. The maximum Gasteiger partial charge on any atom is 0.163 e. The highest BCUT2D eigenvalue weighted by atomic mass is 79.9. The second-order valence-corrected chi connectivity index (χ2v) is 8.67. The van der Waals surface area contributed by atoms with Gasteiger partial charge in [-0.05, 0) is 54.8 Å². The molecule has 0 radical (unpaired) electrons. The summed E-state index contributed by atoms with van der Waals surface area (Å²) in [6.07, 6.45) is 6.17. The molecule has 4 heteroatoms. The number of ketones is 2. The van der Waals surface area contributed by atoms with Crippen molar-refractivity contribution in [3.63, 3.8) is 0 Å². The molecule has 0 amide bonds. The summed E-state index contributed by atoms with van der Waals surface area (Å²) < 4.78 is 0.998. The van der Waals surface area contributed by atoms with E-state index in [9.17, 15) is 9.59 Å². The molecule has 3 rings (SSSR count). The topological polar surface area (TPSA) is 34.1 Å². The number of hydrogen-bond donors (Lipinski definition) is 0. The molecule has 142 valence electrons. The maximum atomic E-state index is 12.9. The van der Waals surface area contributed by atoms with Crippen LogP contribution in [0.3, 0.4) is 0 Å².